The van der Waals surface area contributed by atoms with Gasteiger partial charge in [-0.05, 0) is 81.0 Å². The van der Waals surface area contributed by atoms with Gasteiger partial charge in [0.2, 0.25) is 0 Å². The molecule has 4 nitrogen and oxygen atoms in total. The van der Waals surface area contributed by atoms with Crippen molar-refractivity contribution in [2.75, 3.05) is 5.32 Å². The van der Waals surface area contributed by atoms with E-state index in [0.29, 0.717) is 17.0 Å². The van der Waals surface area contributed by atoms with Crippen molar-refractivity contribution >= 4 is 28.4 Å². The van der Waals surface area contributed by atoms with Crippen LogP contribution in [-0.4, -0.2) is 20.8 Å². The van der Waals surface area contributed by atoms with Crippen LogP contribution in [0, 0.1) is 5.41 Å². The number of hydrogen-bond donors (Lipinski definition) is 2. The van der Waals surface area contributed by atoms with E-state index in [2.05, 4.69) is 28.5 Å². The van der Waals surface area contributed by atoms with Gasteiger partial charge in [-0.2, -0.15) is 0 Å². The molecule has 3 saturated carbocycles. The summed E-state index contributed by atoms with van der Waals surface area (Å²) in [5.41, 5.74) is 4.97. The average molecular weight is 420 g/mol. The third-order valence-corrected chi connectivity index (χ3v) is 8.70. The number of hydrogen-bond acceptors (Lipinski definition) is 3. The Morgan fingerprint density at radius 2 is 1.87 bits per heavy atom. The maximum atomic E-state index is 12.6. The largest absolute Gasteiger partial charge is 0.382 e. The van der Waals surface area contributed by atoms with E-state index in [1.807, 2.05) is 37.3 Å². The summed E-state index contributed by atoms with van der Waals surface area (Å²) in [4.78, 5) is 17.1. The van der Waals surface area contributed by atoms with Crippen molar-refractivity contribution in [3.63, 3.8) is 0 Å². The Balaban J connectivity index is 1.40. The molecule has 30 heavy (non-hydrogen) atoms. The van der Waals surface area contributed by atoms with Gasteiger partial charge in [0.1, 0.15) is 5.52 Å². The van der Waals surface area contributed by atoms with E-state index >= 15 is 0 Å². The molecule has 156 valence electrons. The van der Waals surface area contributed by atoms with Crippen LogP contribution in [0.1, 0.15) is 51.4 Å². The van der Waals surface area contributed by atoms with Gasteiger partial charge < -0.3 is 14.9 Å². The van der Waals surface area contributed by atoms with E-state index in [-0.39, 0.29) is 5.56 Å². The van der Waals surface area contributed by atoms with E-state index in [1.54, 1.807) is 4.57 Å². The molecule has 3 aromatic rings. The molecule has 3 aliphatic carbocycles. The van der Waals surface area contributed by atoms with Crippen LogP contribution in [0.3, 0.4) is 0 Å². The molecule has 0 bridgehead atoms. The molecule has 0 radical (unpaired) electrons. The van der Waals surface area contributed by atoms with Gasteiger partial charge >= 0.3 is 0 Å². The number of aryl methyl sites for hydroxylation is 1. The lowest BCUT2D eigenvalue weighted by Gasteiger charge is -2.30. The number of thioether (sulfide) groups is 1. The first-order valence-corrected chi connectivity index (χ1v) is 12.2. The Morgan fingerprint density at radius 3 is 2.60 bits per heavy atom. The number of aromatic amines is 1. The Bertz CT molecular complexity index is 1160. The Kier molecular flexibility index (Phi) is 4.31. The third kappa shape index (κ3) is 3.37. The second kappa shape index (κ2) is 6.94. The molecule has 0 unspecified atom stereocenters. The van der Waals surface area contributed by atoms with Crippen molar-refractivity contribution < 1.29 is 0 Å². The van der Waals surface area contributed by atoms with Crippen molar-refractivity contribution in [3.05, 3.63) is 47.0 Å². The smallest absolute Gasteiger partial charge is 0.274 e. The van der Waals surface area contributed by atoms with Crippen LogP contribution in [0.2, 0.25) is 0 Å². The minimum absolute atomic E-state index is 0.0266. The highest BCUT2D eigenvalue weighted by atomic mass is 32.2. The van der Waals surface area contributed by atoms with Crippen LogP contribution in [0.15, 0.2) is 46.3 Å². The summed E-state index contributed by atoms with van der Waals surface area (Å²) in [5, 5.41) is 5.68. The van der Waals surface area contributed by atoms with Gasteiger partial charge in [-0.3, -0.25) is 4.79 Å². The quantitative estimate of drug-likeness (QED) is 0.539. The van der Waals surface area contributed by atoms with E-state index in [0.717, 1.165) is 16.2 Å². The molecule has 2 heterocycles. The number of aromatic nitrogens is 2. The maximum Gasteiger partial charge on any atom is 0.274 e. The van der Waals surface area contributed by atoms with E-state index in [1.165, 1.54) is 67.5 Å². The zero-order valence-corrected chi connectivity index (χ0v) is 18.4. The number of rotatable bonds is 5. The van der Waals surface area contributed by atoms with Crippen LogP contribution >= 0.6 is 11.8 Å². The summed E-state index contributed by atoms with van der Waals surface area (Å²) in [6, 6.07) is 9.46. The molecule has 6 rings (SSSR count). The molecule has 0 saturated heterocycles. The van der Waals surface area contributed by atoms with Crippen LogP contribution in [0.5, 0.6) is 0 Å². The number of nitrogens with one attached hydrogen (secondary N) is 2. The SMILES string of the molecule is Cn1cc(-c2cc(SC3CC3)ccc2NC2CCC3(CC2)CC3)c2cc[nH]c2c1=O. The minimum Gasteiger partial charge on any atom is -0.382 e. The standard InChI is InChI=1S/C25H29N3OS/c1-28-15-21(19-8-13-26-23(19)24(28)29)20-14-18(30-17-2-3-17)4-5-22(20)27-16-6-9-25(10-7-16)11-12-25/h4-5,8,13-17,26-27H,2-3,6-7,9-12H2,1H3. The molecule has 5 heteroatoms. The molecule has 2 N–H and O–H groups in total. The van der Waals surface area contributed by atoms with Gasteiger partial charge in [0, 0.05) is 57.8 Å². The lowest BCUT2D eigenvalue weighted by atomic mass is 9.83. The summed E-state index contributed by atoms with van der Waals surface area (Å²) in [5.74, 6) is 0. The lowest BCUT2D eigenvalue weighted by Crippen LogP contribution is -2.27. The maximum absolute atomic E-state index is 12.6. The fourth-order valence-corrected chi connectivity index (χ4v) is 6.17. The van der Waals surface area contributed by atoms with E-state index in [9.17, 15) is 4.79 Å². The van der Waals surface area contributed by atoms with Crippen molar-refractivity contribution in [2.45, 2.75) is 67.6 Å². The van der Waals surface area contributed by atoms with Gasteiger partial charge in [0.25, 0.3) is 5.56 Å². The van der Waals surface area contributed by atoms with Crippen LogP contribution in [0.4, 0.5) is 5.69 Å². The van der Waals surface area contributed by atoms with Crippen LogP contribution < -0.4 is 10.9 Å². The highest BCUT2D eigenvalue weighted by Gasteiger charge is 2.44. The highest BCUT2D eigenvalue weighted by Crippen LogP contribution is 2.56. The highest BCUT2D eigenvalue weighted by molar-refractivity contribution is 8.00. The topological polar surface area (TPSA) is 49.8 Å². The predicted molar refractivity (Wildman–Crippen MR) is 125 cm³/mol. The van der Waals surface area contributed by atoms with Crippen molar-refractivity contribution in [2.24, 2.45) is 12.5 Å². The zero-order chi connectivity index (χ0) is 20.3. The van der Waals surface area contributed by atoms with Crippen molar-refractivity contribution in [1.82, 2.24) is 9.55 Å². The molecule has 2 aromatic heterocycles. The lowest BCUT2D eigenvalue weighted by molar-refractivity contribution is 0.317. The second-order valence-electron chi connectivity index (χ2n) is 9.67. The third-order valence-electron chi connectivity index (χ3n) is 7.37. The first-order chi connectivity index (χ1) is 14.6. The average Bonchev–Trinajstić information content (AvgIpc) is 3.67. The fraction of sp³-hybridized carbons (Fsp3) is 0.480. The van der Waals surface area contributed by atoms with E-state index in [4.69, 9.17) is 0 Å². The molecule has 0 atom stereocenters. The molecular weight excluding hydrogens is 390 g/mol. The molecule has 3 fully saturated rings. The van der Waals surface area contributed by atoms with Gasteiger partial charge in [-0.1, -0.05) is 0 Å². The molecule has 1 spiro atoms. The predicted octanol–water partition coefficient (Wildman–Crippen LogP) is 5.92. The van der Waals surface area contributed by atoms with E-state index < -0.39 is 0 Å². The summed E-state index contributed by atoms with van der Waals surface area (Å²) in [6.07, 6.45) is 14.7. The number of anilines is 1. The van der Waals surface area contributed by atoms with Crippen molar-refractivity contribution in [3.8, 4) is 11.1 Å². The number of pyridine rings is 1. The van der Waals surface area contributed by atoms with Gasteiger partial charge in [-0.15, -0.1) is 11.8 Å². The Hall–Kier alpha value is -2.14. The summed E-state index contributed by atoms with van der Waals surface area (Å²) >= 11 is 1.99. The second-order valence-corrected chi connectivity index (χ2v) is 11.0. The first-order valence-electron chi connectivity index (χ1n) is 11.3. The number of benzene rings is 1. The first kappa shape index (κ1) is 18.6. The summed E-state index contributed by atoms with van der Waals surface area (Å²) in [6.45, 7) is 0. The number of nitrogens with zero attached hydrogens (tertiary/aromatic N) is 1. The number of H-pyrrole nitrogens is 1. The van der Waals surface area contributed by atoms with Crippen molar-refractivity contribution in [1.29, 1.82) is 0 Å². The minimum atomic E-state index is 0.0266. The monoisotopic (exact) mass is 419 g/mol. The zero-order valence-electron chi connectivity index (χ0n) is 17.5. The molecule has 0 aliphatic heterocycles. The number of fused-ring (bicyclic) bond motifs is 1. The Labute approximate surface area is 181 Å². The molecular formula is C25H29N3OS. The Morgan fingerprint density at radius 1 is 1.07 bits per heavy atom. The summed E-state index contributed by atoms with van der Waals surface area (Å²) < 4.78 is 1.70. The normalized spacial score (nSPS) is 20.7. The fourth-order valence-electron chi connectivity index (χ4n) is 5.08. The van der Waals surface area contributed by atoms with Crippen LogP contribution in [-0.2, 0) is 7.05 Å². The molecule has 0 amide bonds. The van der Waals surface area contributed by atoms with Gasteiger partial charge in [0.05, 0.1) is 0 Å². The molecule has 3 aliphatic rings. The summed E-state index contributed by atoms with van der Waals surface area (Å²) in [7, 11) is 1.85. The van der Waals surface area contributed by atoms with Gasteiger partial charge in [-0.25, -0.2) is 0 Å². The van der Waals surface area contributed by atoms with Crippen LogP contribution in [0.25, 0.3) is 22.0 Å². The van der Waals surface area contributed by atoms with Gasteiger partial charge in [0.15, 0.2) is 0 Å². The molecule has 1 aromatic carbocycles.